The molecular weight excluding hydrogens is 348 g/mol. The van der Waals surface area contributed by atoms with E-state index in [4.69, 9.17) is 9.47 Å². The number of anilines is 1. The molecule has 2 aliphatic rings. The highest BCUT2D eigenvalue weighted by molar-refractivity contribution is 5.79. The molecule has 3 heterocycles. The van der Waals surface area contributed by atoms with Gasteiger partial charge in [-0.25, -0.2) is 8.78 Å². The quantitative estimate of drug-likeness (QED) is 0.791. The Kier molecular flexibility index (Phi) is 5.38. The van der Waals surface area contributed by atoms with Gasteiger partial charge in [-0.2, -0.15) is 9.97 Å². The van der Waals surface area contributed by atoms with E-state index >= 15 is 0 Å². The van der Waals surface area contributed by atoms with E-state index in [2.05, 4.69) is 15.0 Å². The number of amides is 1. The number of hydrogen-bond acceptors (Lipinski definition) is 7. The lowest BCUT2D eigenvalue weighted by Gasteiger charge is -2.37. The van der Waals surface area contributed by atoms with Crippen LogP contribution in [0.1, 0.15) is 25.7 Å². The Balaban J connectivity index is 1.58. The van der Waals surface area contributed by atoms with E-state index in [0.29, 0.717) is 31.9 Å². The molecule has 0 atom stereocenters. The highest BCUT2D eigenvalue weighted by Gasteiger charge is 2.38. The smallest absolute Gasteiger partial charge is 0.324 e. The van der Waals surface area contributed by atoms with Gasteiger partial charge in [-0.3, -0.25) is 4.79 Å². The third kappa shape index (κ3) is 4.10. The van der Waals surface area contributed by atoms with Gasteiger partial charge in [-0.1, -0.05) is 0 Å². The van der Waals surface area contributed by atoms with Crippen molar-refractivity contribution in [2.24, 2.45) is 5.92 Å². The van der Waals surface area contributed by atoms with Crippen molar-refractivity contribution in [3.05, 3.63) is 0 Å². The minimum absolute atomic E-state index is 0.0223. The van der Waals surface area contributed by atoms with Gasteiger partial charge in [-0.15, -0.1) is 4.98 Å². The molecular formula is C16H23F2N5O3. The maximum atomic E-state index is 13.3. The van der Waals surface area contributed by atoms with Crippen LogP contribution in [0.2, 0.25) is 0 Å². The van der Waals surface area contributed by atoms with E-state index in [0.717, 1.165) is 0 Å². The Labute approximate surface area is 150 Å². The maximum absolute atomic E-state index is 13.3. The second-order valence-corrected chi connectivity index (χ2v) is 6.55. The van der Waals surface area contributed by atoms with Crippen LogP contribution >= 0.6 is 0 Å². The van der Waals surface area contributed by atoms with E-state index in [1.165, 1.54) is 14.2 Å². The molecule has 0 N–H and O–H groups in total. The first-order chi connectivity index (χ1) is 12.4. The monoisotopic (exact) mass is 371 g/mol. The van der Waals surface area contributed by atoms with Crippen molar-refractivity contribution < 1.29 is 23.0 Å². The second kappa shape index (κ2) is 7.55. The Morgan fingerprint density at radius 1 is 1.00 bits per heavy atom. The van der Waals surface area contributed by atoms with Gasteiger partial charge in [0.15, 0.2) is 0 Å². The Hall–Kier alpha value is -2.26. The minimum atomic E-state index is -2.64. The van der Waals surface area contributed by atoms with E-state index in [1.807, 2.05) is 4.90 Å². The molecule has 144 valence electrons. The number of rotatable bonds is 4. The number of methoxy groups -OCH3 is 2. The van der Waals surface area contributed by atoms with Crippen molar-refractivity contribution >= 4 is 11.9 Å². The second-order valence-electron chi connectivity index (χ2n) is 6.55. The van der Waals surface area contributed by atoms with E-state index < -0.39 is 5.92 Å². The summed E-state index contributed by atoms with van der Waals surface area (Å²) in [5, 5.41) is 0. The third-order valence-corrected chi connectivity index (χ3v) is 4.88. The van der Waals surface area contributed by atoms with Crippen molar-refractivity contribution in [2.45, 2.75) is 31.6 Å². The van der Waals surface area contributed by atoms with Crippen LogP contribution in [0.5, 0.6) is 12.0 Å². The summed E-state index contributed by atoms with van der Waals surface area (Å²) < 4.78 is 36.6. The van der Waals surface area contributed by atoms with Crippen LogP contribution in [-0.4, -0.2) is 72.1 Å². The molecule has 0 spiro atoms. The molecule has 1 aromatic heterocycles. The number of halogens is 2. The van der Waals surface area contributed by atoms with Crippen molar-refractivity contribution in [1.29, 1.82) is 0 Å². The lowest BCUT2D eigenvalue weighted by atomic mass is 9.94. The Bertz CT molecular complexity index is 621. The number of carbonyl (C=O) groups is 1. The van der Waals surface area contributed by atoms with Crippen molar-refractivity contribution in [2.75, 3.05) is 45.3 Å². The number of aromatic nitrogens is 3. The first-order valence-corrected chi connectivity index (χ1v) is 8.67. The first kappa shape index (κ1) is 18.5. The zero-order chi connectivity index (χ0) is 18.7. The van der Waals surface area contributed by atoms with Gasteiger partial charge in [-0.05, 0) is 12.8 Å². The van der Waals surface area contributed by atoms with Gasteiger partial charge >= 0.3 is 12.0 Å². The fraction of sp³-hybridized carbons (Fsp3) is 0.750. The highest BCUT2D eigenvalue weighted by Crippen LogP contribution is 2.30. The topological polar surface area (TPSA) is 80.7 Å². The van der Waals surface area contributed by atoms with Crippen LogP contribution < -0.4 is 14.4 Å². The normalized spacial score (nSPS) is 20.8. The summed E-state index contributed by atoms with van der Waals surface area (Å²) in [6, 6.07) is 0.332. The Morgan fingerprint density at radius 2 is 1.54 bits per heavy atom. The number of piperidine rings is 2. The molecule has 3 rings (SSSR count). The van der Waals surface area contributed by atoms with Gasteiger partial charge in [0, 0.05) is 44.9 Å². The zero-order valence-corrected chi connectivity index (χ0v) is 15.0. The predicted octanol–water partition coefficient (Wildman–Crippen LogP) is 1.36. The van der Waals surface area contributed by atoms with Gasteiger partial charge in [0.05, 0.1) is 14.2 Å². The minimum Gasteiger partial charge on any atom is -0.467 e. The first-order valence-electron chi connectivity index (χ1n) is 8.67. The van der Waals surface area contributed by atoms with E-state index in [1.54, 1.807) is 4.90 Å². The summed E-state index contributed by atoms with van der Waals surface area (Å²) in [7, 11) is 2.93. The summed E-state index contributed by atoms with van der Waals surface area (Å²) in [4.78, 5) is 28.5. The average molecular weight is 371 g/mol. The van der Waals surface area contributed by atoms with Gasteiger partial charge < -0.3 is 19.3 Å². The van der Waals surface area contributed by atoms with Crippen LogP contribution in [0.25, 0.3) is 0 Å². The number of alkyl halides is 2. The third-order valence-electron chi connectivity index (χ3n) is 4.88. The molecule has 2 fully saturated rings. The molecule has 0 unspecified atom stereocenters. The van der Waals surface area contributed by atoms with Crippen LogP contribution in [0, 0.1) is 5.92 Å². The van der Waals surface area contributed by atoms with Crippen LogP contribution in [0.4, 0.5) is 14.7 Å². The van der Waals surface area contributed by atoms with E-state index in [9.17, 15) is 13.6 Å². The highest BCUT2D eigenvalue weighted by atomic mass is 19.3. The van der Waals surface area contributed by atoms with Crippen molar-refractivity contribution in [1.82, 2.24) is 19.9 Å². The number of nitrogens with zero attached hydrogens (tertiary/aromatic N) is 5. The maximum Gasteiger partial charge on any atom is 0.324 e. The van der Waals surface area contributed by atoms with Gasteiger partial charge in [0.2, 0.25) is 11.9 Å². The van der Waals surface area contributed by atoms with Crippen LogP contribution in [0.3, 0.4) is 0 Å². The van der Waals surface area contributed by atoms with Crippen molar-refractivity contribution in [3.63, 3.8) is 0 Å². The molecule has 8 nitrogen and oxygen atoms in total. The summed E-state index contributed by atoms with van der Waals surface area (Å²) >= 11 is 0. The standard InChI is InChI=1S/C16H23F2N5O3/c1-25-14-19-13(20-15(21-14)26-2)23-7-3-11(4-8-23)12(24)22-9-5-16(17,18)6-10-22/h11H,3-10H2,1-2H3. The fourth-order valence-corrected chi connectivity index (χ4v) is 3.29. The lowest BCUT2D eigenvalue weighted by molar-refractivity contribution is -0.142. The number of likely N-dealkylation sites (tertiary alicyclic amines) is 1. The molecule has 2 saturated heterocycles. The molecule has 1 aromatic rings. The molecule has 26 heavy (non-hydrogen) atoms. The summed E-state index contributed by atoms with van der Waals surface area (Å²) in [6.45, 7) is 1.45. The van der Waals surface area contributed by atoms with Gasteiger partial charge in [0.1, 0.15) is 0 Å². The van der Waals surface area contributed by atoms with Crippen molar-refractivity contribution in [3.8, 4) is 12.0 Å². The SMILES string of the molecule is COc1nc(OC)nc(N2CCC(C(=O)N3CCC(F)(F)CC3)CC2)n1. The van der Waals surface area contributed by atoms with Crippen LogP contribution in [-0.2, 0) is 4.79 Å². The molecule has 0 aromatic carbocycles. The molecule has 0 radical (unpaired) electrons. The molecule has 10 heteroatoms. The lowest BCUT2D eigenvalue weighted by Crippen LogP contribution is -2.47. The van der Waals surface area contributed by atoms with Gasteiger partial charge in [0.25, 0.3) is 5.92 Å². The van der Waals surface area contributed by atoms with Crippen LogP contribution in [0.15, 0.2) is 0 Å². The fourth-order valence-electron chi connectivity index (χ4n) is 3.29. The van der Waals surface area contributed by atoms with E-state index in [-0.39, 0.29) is 49.8 Å². The Morgan fingerprint density at radius 3 is 2.04 bits per heavy atom. The molecule has 0 bridgehead atoms. The molecule has 1 amide bonds. The molecule has 0 aliphatic carbocycles. The summed E-state index contributed by atoms with van der Waals surface area (Å²) in [5.74, 6) is -2.37. The summed E-state index contributed by atoms with van der Waals surface area (Å²) in [6.07, 6.45) is 0.758. The number of carbonyl (C=O) groups excluding carboxylic acids is 1. The zero-order valence-electron chi connectivity index (χ0n) is 15.0. The number of ether oxygens (including phenoxy) is 2. The number of hydrogen-bond donors (Lipinski definition) is 0. The summed E-state index contributed by atoms with van der Waals surface area (Å²) in [5.41, 5.74) is 0. The predicted molar refractivity (Wildman–Crippen MR) is 88.6 cm³/mol. The largest absolute Gasteiger partial charge is 0.467 e. The molecule has 0 saturated carbocycles. The molecule has 2 aliphatic heterocycles. The average Bonchev–Trinajstić information content (AvgIpc) is 2.67.